The number of fused-ring (bicyclic) bond motifs is 2. The Labute approximate surface area is 236 Å². The first kappa shape index (κ1) is 28.9. The van der Waals surface area contributed by atoms with E-state index in [9.17, 15) is 14.3 Å². The molecule has 1 aromatic carbocycles. The number of rotatable bonds is 11. The molecule has 0 saturated carbocycles. The van der Waals surface area contributed by atoms with Crippen molar-refractivity contribution in [2.24, 2.45) is 0 Å². The third kappa shape index (κ3) is 6.48. The summed E-state index contributed by atoms with van der Waals surface area (Å²) in [6, 6.07) is 6.22. The van der Waals surface area contributed by atoms with Crippen LogP contribution in [0, 0.1) is 5.82 Å². The minimum atomic E-state index is -0.977. The second kappa shape index (κ2) is 12.5. The van der Waals surface area contributed by atoms with Gasteiger partial charge in [-0.3, -0.25) is 9.69 Å². The van der Waals surface area contributed by atoms with Crippen molar-refractivity contribution in [1.82, 2.24) is 9.88 Å². The Morgan fingerprint density at radius 3 is 2.95 bits per heavy atom. The van der Waals surface area contributed by atoms with Gasteiger partial charge >= 0.3 is 5.97 Å². The highest BCUT2D eigenvalue weighted by molar-refractivity contribution is 5.76. The number of unbranched alkanes of at least 4 members (excludes halogenated alkanes) is 1. The number of nitrogens with zero attached hydrogens (tertiary/aromatic N) is 2. The van der Waals surface area contributed by atoms with Crippen molar-refractivity contribution in [3.8, 4) is 0 Å². The molecule has 0 spiro atoms. The summed E-state index contributed by atoms with van der Waals surface area (Å²) in [6.07, 6.45) is 5.98. The van der Waals surface area contributed by atoms with E-state index in [4.69, 9.17) is 19.2 Å². The van der Waals surface area contributed by atoms with Crippen LogP contribution in [0.3, 0.4) is 0 Å². The Morgan fingerprint density at radius 1 is 1.30 bits per heavy atom. The van der Waals surface area contributed by atoms with Gasteiger partial charge in [-0.2, -0.15) is 0 Å². The van der Waals surface area contributed by atoms with Crippen LogP contribution in [0.15, 0.2) is 24.3 Å². The lowest BCUT2D eigenvalue weighted by atomic mass is 9.85. The number of nitrogens with one attached hydrogen (secondary N) is 1. The summed E-state index contributed by atoms with van der Waals surface area (Å²) in [7, 11) is 1.64. The number of methoxy groups -OCH3 is 1. The summed E-state index contributed by atoms with van der Waals surface area (Å²) >= 11 is 0. The first-order chi connectivity index (χ1) is 19.2. The Balaban J connectivity index is 1.17. The Hall–Kier alpha value is -2.59. The first-order valence-corrected chi connectivity index (χ1v) is 14.5. The second-order valence-corrected chi connectivity index (χ2v) is 11.8. The van der Waals surface area contributed by atoms with E-state index in [0.29, 0.717) is 37.2 Å². The molecule has 3 aliphatic heterocycles. The van der Waals surface area contributed by atoms with Crippen LogP contribution < -0.4 is 5.32 Å². The van der Waals surface area contributed by atoms with Crippen LogP contribution in [-0.4, -0.2) is 72.1 Å². The quantitative estimate of drug-likeness (QED) is 0.386. The molecule has 5 rings (SSSR count). The Morgan fingerprint density at radius 2 is 2.15 bits per heavy atom. The lowest BCUT2D eigenvalue weighted by molar-refractivity contribution is -0.143. The van der Waals surface area contributed by atoms with E-state index < -0.39 is 23.4 Å². The van der Waals surface area contributed by atoms with Crippen LogP contribution in [0.5, 0.6) is 0 Å². The largest absolute Gasteiger partial charge is 0.480 e. The first-order valence-electron chi connectivity index (χ1n) is 14.5. The van der Waals surface area contributed by atoms with Gasteiger partial charge in [0, 0.05) is 45.5 Å². The molecule has 1 unspecified atom stereocenters. The molecule has 0 radical (unpaired) electrons. The number of aliphatic carboxylic acids is 1. The maximum atomic E-state index is 14.7. The molecule has 0 amide bonds. The highest BCUT2D eigenvalue weighted by atomic mass is 19.1. The summed E-state index contributed by atoms with van der Waals surface area (Å²) in [4.78, 5) is 19.3. The predicted molar refractivity (Wildman–Crippen MR) is 150 cm³/mol. The molecule has 218 valence electrons. The van der Waals surface area contributed by atoms with Gasteiger partial charge in [-0.25, -0.2) is 9.37 Å². The van der Waals surface area contributed by atoms with Crippen LogP contribution in [-0.2, 0) is 44.9 Å². The van der Waals surface area contributed by atoms with E-state index in [1.165, 1.54) is 17.7 Å². The Kier molecular flexibility index (Phi) is 9.05. The number of anilines is 1. The number of benzene rings is 1. The molecule has 2 N–H and O–H groups in total. The summed E-state index contributed by atoms with van der Waals surface area (Å²) in [6.45, 7) is 6.83. The van der Waals surface area contributed by atoms with Gasteiger partial charge in [-0.1, -0.05) is 6.07 Å². The van der Waals surface area contributed by atoms with Crippen LogP contribution in [0.4, 0.5) is 10.2 Å². The van der Waals surface area contributed by atoms with Crippen LogP contribution >= 0.6 is 0 Å². The van der Waals surface area contributed by atoms with Crippen LogP contribution in [0.1, 0.15) is 73.5 Å². The zero-order valence-electron chi connectivity index (χ0n) is 23.9. The highest BCUT2D eigenvalue weighted by Gasteiger charge is 2.40. The van der Waals surface area contributed by atoms with E-state index in [-0.39, 0.29) is 18.8 Å². The van der Waals surface area contributed by atoms with Crippen molar-refractivity contribution < 1.29 is 28.5 Å². The number of hydrogen-bond donors (Lipinski definition) is 2. The number of halogens is 1. The van der Waals surface area contributed by atoms with Crippen molar-refractivity contribution >= 4 is 11.8 Å². The number of pyridine rings is 1. The maximum absolute atomic E-state index is 14.7. The topological polar surface area (TPSA) is 93.2 Å². The average molecular weight is 556 g/mol. The number of aromatic nitrogens is 1. The molecular formula is C31H42FN3O5. The van der Waals surface area contributed by atoms with Gasteiger partial charge in [0.25, 0.3) is 0 Å². The monoisotopic (exact) mass is 555 g/mol. The minimum Gasteiger partial charge on any atom is -0.480 e. The molecule has 40 heavy (non-hydrogen) atoms. The van der Waals surface area contributed by atoms with Crippen molar-refractivity contribution in [3.05, 3.63) is 58.0 Å². The molecule has 8 nitrogen and oxygen atoms in total. The number of carboxylic acid groups (broad SMARTS) is 1. The summed E-state index contributed by atoms with van der Waals surface area (Å²) in [5.74, 6) is -0.386. The molecule has 1 saturated heterocycles. The molecule has 3 atom stereocenters. The van der Waals surface area contributed by atoms with Gasteiger partial charge in [0.1, 0.15) is 17.7 Å². The number of likely N-dealkylation sites (tertiary alicyclic amines) is 1. The average Bonchev–Trinajstić information content (AvgIpc) is 3.40. The zero-order chi connectivity index (χ0) is 28.3. The predicted octanol–water partition coefficient (Wildman–Crippen LogP) is 4.68. The fourth-order valence-corrected chi connectivity index (χ4v) is 6.13. The molecular weight excluding hydrogens is 513 g/mol. The van der Waals surface area contributed by atoms with Gasteiger partial charge in [-0.15, -0.1) is 0 Å². The van der Waals surface area contributed by atoms with Crippen molar-refractivity contribution in [1.29, 1.82) is 0 Å². The fourth-order valence-electron chi connectivity index (χ4n) is 6.13. The molecule has 4 heterocycles. The van der Waals surface area contributed by atoms with E-state index >= 15 is 0 Å². The number of aryl methyl sites for hydroxylation is 2. The molecule has 1 fully saturated rings. The minimum absolute atomic E-state index is 0.0409. The van der Waals surface area contributed by atoms with Crippen molar-refractivity contribution in [2.45, 2.75) is 89.3 Å². The molecule has 1 aromatic heterocycles. The summed E-state index contributed by atoms with van der Waals surface area (Å²) < 4.78 is 32.4. The van der Waals surface area contributed by atoms with Gasteiger partial charge in [0.05, 0.1) is 24.4 Å². The van der Waals surface area contributed by atoms with E-state index in [0.717, 1.165) is 62.1 Å². The van der Waals surface area contributed by atoms with Crippen molar-refractivity contribution in [3.63, 3.8) is 0 Å². The third-order valence-corrected chi connectivity index (χ3v) is 8.68. The van der Waals surface area contributed by atoms with Crippen molar-refractivity contribution in [2.75, 3.05) is 38.7 Å². The normalized spacial score (nSPS) is 21.9. The molecule has 2 aromatic rings. The number of carboxylic acids is 1. The standard InChI is InChI=1S/C31H42FN3O5/c1-31(2,38-3)27-17-25-21(19-40-27)15-22(32)16-26(25)28(30(36)37)35-13-11-24(18-35)39-14-5-4-8-23-10-9-20-7-6-12-33-29(20)34-23/h9-10,15-16,24,27-28H,4-8,11-14,17-19H2,1-3H3,(H,33,34)(H,36,37)/t24-,27?,28+/m1/s1. The van der Waals surface area contributed by atoms with E-state index in [2.05, 4.69) is 17.4 Å². The van der Waals surface area contributed by atoms with Gasteiger partial charge in [0.2, 0.25) is 0 Å². The lowest BCUT2D eigenvalue weighted by Crippen LogP contribution is -2.44. The Bertz CT molecular complexity index is 1210. The smallest absolute Gasteiger partial charge is 0.325 e. The zero-order valence-corrected chi connectivity index (χ0v) is 23.9. The maximum Gasteiger partial charge on any atom is 0.325 e. The summed E-state index contributed by atoms with van der Waals surface area (Å²) in [5, 5.41) is 13.7. The lowest BCUT2D eigenvalue weighted by Gasteiger charge is -2.38. The SMILES string of the molecule is COC(C)(C)C1Cc2c(cc(F)cc2[C@@H](C(=O)O)N2CC[C@@H](OCCCCc3ccc4c(n3)NCCC4)C2)CO1. The van der Waals surface area contributed by atoms with E-state index in [1.807, 2.05) is 18.7 Å². The van der Waals surface area contributed by atoms with Crippen LogP contribution in [0.25, 0.3) is 0 Å². The summed E-state index contributed by atoms with van der Waals surface area (Å²) in [5.41, 5.74) is 3.92. The van der Waals surface area contributed by atoms with E-state index in [1.54, 1.807) is 7.11 Å². The molecule has 3 aliphatic rings. The van der Waals surface area contributed by atoms with Gasteiger partial charge < -0.3 is 24.6 Å². The van der Waals surface area contributed by atoms with Gasteiger partial charge in [-0.05, 0) is 92.8 Å². The molecule has 0 bridgehead atoms. The highest BCUT2D eigenvalue weighted by Crippen LogP contribution is 2.36. The second-order valence-electron chi connectivity index (χ2n) is 11.8. The number of hydrogen-bond acceptors (Lipinski definition) is 7. The molecule has 9 heteroatoms. The van der Waals surface area contributed by atoms with Gasteiger partial charge in [0.15, 0.2) is 0 Å². The molecule has 0 aliphatic carbocycles. The number of carbonyl (C=O) groups is 1. The number of ether oxygens (including phenoxy) is 3. The fraction of sp³-hybridized carbons (Fsp3) is 0.613. The van der Waals surface area contributed by atoms with Crippen LogP contribution in [0.2, 0.25) is 0 Å². The third-order valence-electron chi connectivity index (χ3n) is 8.68.